The fourth-order valence-electron chi connectivity index (χ4n) is 2.64. The SMILES string of the molecule is CC1=C(C)SC(NC(=O)c2ccccc2NC(=O)CCCCCCN)N1. The van der Waals surface area contributed by atoms with Crippen LogP contribution in [-0.4, -0.2) is 23.9 Å². The highest BCUT2D eigenvalue weighted by Gasteiger charge is 2.22. The number of nitrogens with one attached hydrogen (secondary N) is 3. The van der Waals surface area contributed by atoms with E-state index in [1.807, 2.05) is 19.9 Å². The first-order chi connectivity index (χ1) is 12.5. The summed E-state index contributed by atoms with van der Waals surface area (Å²) in [5.41, 5.74) is 7.35. The molecule has 0 bridgehead atoms. The Kier molecular flexibility index (Phi) is 8.00. The van der Waals surface area contributed by atoms with Crippen molar-refractivity contribution in [3.8, 4) is 0 Å². The number of hydrogen-bond acceptors (Lipinski definition) is 5. The molecule has 142 valence electrons. The first-order valence-electron chi connectivity index (χ1n) is 9.01. The summed E-state index contributed by atoms with van der Waals surface area (Å²) in [6.07, 6.45) is 4.30. The maximum atomic E-state index is 12.6. The van der Waals surface area contributed by atoms with E-state index in [4.69, 9.17) is 5.73 Å². The highest BCUT2D eigenvalue weighted by atomic mass is 32.2. The Hall–Kier alpha value is -1.99. The van der Waals surface area contributed by atoms with Crippen molar-refractivity contribution in [1.29, 1.82) is 0 Å². The number of para-hydroxylation sites is 1. The second-order valence-electron chi connectivity index (χ2n) is 6.34. The molecule has 2 amide bonds. The zero-order valence-electron chi connectivity index (χ0n) is 15.4. The minimum absolute atomic E-state index is 0.0697. The van der Waals surface area contributed by atoms with Crippen LogP contribution in [0.2, 0.25) is 0 Å². The van der Waals surface area contributed by atoms with E-state index in [1.54, 1.807) is 30.0 Å². The number of unbranched alkanes of at least 4 members (excludes halogenated alkanes) is 3. The number of thioether (sulfide) groups is 1. The van der Waals surface area contributed by atoms with Gasteiger partial charge in [-0.1, -0.05) is 36.7 Å². The van der Waals surface area contributed by atoms with Gasteiger partial charge in [0.15, 0.2) is 5.50 Å². The van der Waals surface area contributed by atoms with Crippen molar-refractivity contribution in [2.75, 3.05) is 11.9 Å². The lowest BCUT2D eigenvalue weighted by atomic mass is 10.1. The number of benzene rings is 1. The van der Waals surface area contributed by atoms with Gasteiger partial charge in [0.1, 0.15) is 0 Å². The predicted molar refractivity (Wildman–Crippen MR) is 108 cm³/mol. The monoisotopic (exact) mass is 376 g/mol. The molecule has 2 rings (SSSR count). The van der Waals surface area contributed by atoms with Gasteiger partial charge in [0.05, 0.1) is 11.3 Å². The molecule has 0 saturated heterocycles. The first kappa shape index (κ1) is 20.3. The van der Waals surface area contributed by atoms with Crippen LogP contribution in [0.4, 0.5) is 5.69 Å². The van der Waals surface area contributed by atoms with Gasteiger partial charge in [-0.2, -0.15) is 0 Å². The van der Waals surface area contributed by atoms with E-state index in [0.29, 0.717) is 24.2 Å². The average Bonchev–Trinajstić information content (AvgIpc) is 2.92. The molecule has 1 aliphatic rings. The van der Waals surface area contributed by atoms with Gasteiger partial charge in [-0.15, -0.1) is 0 Å². The molecule has 0 saturated carbocycles. The summed E-state index contributed by atoms with van der Waals surface area (Å²) < 4.78 is 0. The molecule has 1 aliphatic heterocycles. The van der Waals surface area contributed by atoms with E-state index in [0.717, 1.165) is 36.3 Å². The summed E-state index contributed by atoms with van der Waals surface area (Å²) in [5.74, 6) is -0.281. The van der Waals surface area contributed by atoms with Gasteiger partial charge in [-0.25, -0.2) is 0 Å². The van der Waals surface area contributed by atoms with Gasteiger partial charge in [-0.05, 0) is 45.4 Å². The van der Waals surface area contributed by atoms with Crippen LogP contribution in [0, 0.1) is 0 Å². The summed E-state index contributed by atoms with van der Waals surface area (Å²) in [6.45, 7) is 4.69. The quantitative estimate of drug-likeness (QED) is 0.497. The van der Waals surface area contributed by atoms with Crippen molar-refractivity contribution in [2.24, 2.45) is 5.73 Å². The molecule has 0 radical (unpaired) electrons. The van der Waals surface area contributed by atoms with Crippen molar-refractivity contribution in [3.05, 3.63) is 40.4 Å². The van der Waals surface area contributed by atoms with Gasteiger partial charge < -0.3 is 21.7 Å². The topological polar surface area (TPSA) is 96.2 Å². The van der Waals surface area contributed by atoms with Crippen LogP contribution in [0.25, 0.3) is 0 Å². The lowest BCUT2D eigenvalue weighted by Gasteiger charge is -2.16. The minimum Gasteiger partial charge on any atom is -0.359 e. The fraction of sp³-hybridized carbons (Fsp3) is 0.474. The third-order valence-corrected chi connectivity index (χ3v) is 5.37. The van der Waals surface area contributed by atoms with Crippen LogP contribution in [-0.2, 0) is 4.79 Å². The van der Waals surface area contributed by atoms with E-state index in [9.17, 15) is 9.59 Å². The Balaban J connectivity index is 1.88. The van der Waals surface area contributed by atoms with Crippen molar-refractivity contribution >= 4 is 29.3 Å². The molecule has 1 unspecified atom stereocenters. The van der Waals surface area contributed by atoms with Crippen LogP contribution >= 0.6 is 11.8 Å². The lowest BCUT2D eigenvalue weighted by Crippen LogP contribution is -2.40. The maximum absolute atomic E-state index is 12.6. The van der Waals surface area contributed by atoms with E-state index < -0.39 is 0 Å². The molecule has 0 aromatic heterocycles. The summed E-state index contributed by atoms with van der Waals surface area (Å²) in [5, 5.41) is 9.03. The summed E-state index contributed by atoms with van der Waals surface area (Å²) in [7, 11) is 0. The molecule has 1 atom stereocenters. The third-order valence-electron chi connectivity index (χ3n) is 4.24. The van der Waals surface area contributed by atoms with Crippen LogP contribution in [0.5, 0.6) is 0 Å². The molecular formula is C19H28N4O2S. The second-order valence-corrected chi connectivity index (χ2v) is 7.66. The molecule has 1 heterocycles. The number of rotatable bonds is 9. The van der Waals surface area contributed by atoms with Crippen molar-refractivity contribution in [3.63, 3.8) is 0 Å². The first-order valence-corrected chi connectivity index (χ1v) is 9.89. The molecule has 1 aromatic rings. The molecule has 0 spiro atoms. The summed E-state index contributed by atoms with van der Waals surface area (Å²) in [6, 6.07) is 7.08. The number of carbonyl (C=O) groups excluding carboxylic acids is 2. The van der Waals surface area contributed by atoms with Gasteiger partial charge in [0, 0.05) is 17.0 Å². The number of anilines is 1. The Morgan fingerprint density at radius 3 is 2.58 bits per heavy atom. The maximum Gasteiger partial charge on any atom is 0.255 e. The fourth-order valence-corrected chi connectivity index (χ4v) is 3.63. The molecule has 1 aromatic carbocycles. The number of amides is 2. The number of hydrogen-bond donors (Lipinski definition) is 4. The highest BCUT2D eigenvalue weighted by molar-refractivity contribution is 8.03. The second kappa shape index (κ2) is 10.2. The van der Waals surface area contributed by atoms with Crippen molar-refractivity contribution in [1.82, 2.24) is 10.6 Å². The van der Waals surface area contributed by atoms with Gasteiger partial charge in [0.25, 0.3) is 5.91 Å². The number of carbonyl (C=O) groups is 2. The molecule has 0 aliphatic carbocycles. The van der Waals surface area contributed by atoms with E-state index in [-0.39, 0.29) is 17.3 Å². The molecule has 0 fully saturated rings. The van der Waals surface area contributed by atoms with Crippen LogP contribution in [0.1, 0.15) is 56.3 Å². The normalized spacial score (nSPS) is 16.3. The lowest BCUT2D eigenvalue weighted by molar-refractivity contribution is -0.116. The smallest absolute Gasteiger partial charge is 0.255 e. The zero-order chi connectivity index (χ0) is 18.9. The van der Waals surface area contributed by atoms with Gasteiger partial charge in [0.2, 0.25) is 5.91 Å². The van der Waals surface area contributed by atoms with E-state index in [1.165, 1.54) is 0 Å². The Bertz CT molecular complexity index is 661. The van der Waals surface area contributed by atoms with E-state index >= 15 is 0 Å². The van der Waals surface area contributed by atoms with Crippen molar-refractivity contribution < 1.29 is 9.59 Å². The van der Waals surface area contributed by atoms with Crippen LogP contribution < -0.4 is 21.7 Å². The van der Waals surface area contributed by atoms with Crippen LogP contribution in [0.15, 0.2) is 34.9 Å². The molecular weight excluding hydrogens is 348 g/mol. The van der Waals surface area contributed by atoms with Crippen molar-refractivity contribution in [2.45, 2.75) is 51.4 Å². The zero-order valence-corrected chi connectivity index (χ0v) is 16.2. The molecule has 26 heavy (non-hydrogen) atoms. The molecule has 6 nitrogen and oxygen atoms in total. The molecule has 7 heteroatoms. The van der Waals surface area contributed by atoms with E-state index in [2.05, 4.69) is 16.0 Å². The largest absolute Gasteiger partial charge is 0.359 e. The predicted octanol–water partition coefficient (Wildman–Crippen LogP) is 3.14. The van der Waals surface area contributed by atoms with Gasteiger partial charge >= 0.3 is 0 Å². The number of allylic oxidation sites excluding steroid dienone is 2. The average molecular weight is 377 g/mol. The Morgan fingerprint density at radius 1 is 1.15 bits per heavy atom. The highest BCUT2D eigenvalue weighted by Crippen LogP contribution is 2.28. The summed E-state index contributed by atoms with van der Waals surface area (Å²) >= 11 is 1.57. The van der Waals surface area contributed by atoms with Crippen LogP contribution in [0.3, 0.4) is 0 Å². The summed E-state index contributed by atoms with van der Waals surface area (Å²) in [4.78, 5) is 25.9. The minimum atomic E-state index is -0.212. The standard InChI is InChI=1S/C19H28N4O2S/c1-13-14(2)26-19(21-13)23-18(25)15-9-6-7-10-16(15)22-17(24)11-5-3-4-8-12-20/h6-7,9-10,19,21H,3-5,8,11-12,20H2,1-2H3,(H,22,24)(H,23,25). The van der Waals surface area contributed by atoms with Gasteiger partial charge in [-0.3, -0.25) is 9.59 Å². The number of nitrogens with two attached hydrogens (primary N) is 1. The Morgan fingerprint density at radius 2 is 1.88 bits per heavy atom. The third kappa shape index (κ3) is 6.07. The Labute approximate surface area is 159 Å². The molecule has 5 N–H and O–H groups in total.